The number of nitrogens with one attached hydrogen (secondary N) is 1. The number of amides is 1. The van der Waals surface area contributed by atoms with Crippen LogP contribution in [0.15, 0.2) is 29.1 Å². The number of benzene rings is 1. The molecule has 1 aromatic heterocycles. The second-order valence-corrected chi connectivity index (χ2v) is 6.53. The second-order valence-electron chi connectivity index (χ2n) is 6.53. The van der Waals surface area contributed by atoms with Gasteiger partial charge in [-0.05, 0) is 24.8 Å². The third kappa shape index (κ3) is 4.91. The first-order chi connectivity index (χ1) is 12.4. The monoisotopic (exact) mass is 359 g/mol. The van der Waals surface area contributed by atoms with Gasteiger partial charge in [-0.2, -0.15) is 5.10 Å². The number of carbonyl (C=O) groups is 2. The van der Waals surface area contributed by atoms with Gasteiger partial charge < -0.3 is 10.1 Å². The number of esters is 1. The van der Waals surface area contributed by atoms with Crippen molar-refractivity contribution >= 4 is 22.6 Å². The zero-order valence-corrected chi connectivity index (χ0v) is 15.4. The minimum Gasteiger partial charge on any atom is -0.451 e. The highest BCUT2D eigenvalue weighted by Gasteiger charge is 2.18. The summed E-state index contributed by atoms with van der Waals surface area (Å²) in [6, 6.07) is 6.76. The van der Waals surface area contributed by atoms with Crippen molar-refractivity contribution in [3.8, 4) is 0 Å². The van der Waals surface area contributed by atoms with Crippen LogP contribution in [0, 0.1) is 5.92 Å². The number of rotatable bonds is 8. The molecule has 0 radical (unpaired) electrons. The van der Waals surface area contributed by atoms with Gasteiger partial charge >= 0.3 is 5.97 Å². The average Bonchev–Trinajstić information content (AvgIpc) is 2.62. The molecule has 0 bridgehead atoms. The molecule has 0 aliphatic heterocycles. The van der Waals surface area contributed by atoms with Crippen LogP contribution >= 0.6 is 0 Å². The van der Waals surface area contributed by atoms with Gasteiger partial charge in [-0.25, -0.2) is 9.48 Å². The van der Waals surface area contributed by atoms with E-state index in [-0.39, 0.29) is 23.8 Å². The van der Waals surface area contributed by atoms with Crippen molar-refractivity contribution in [1.82, 2.24) is 15.1 Å². The number of carbonyl (C=O) groups excluding carboxylic acids is 2. The van der Waals surface area contributed by atoms with Gasteiger partial charge in [-0.3, -0.25) is 9.59 Å². The summed E-state index contributed by atoms with van der Waals surface area (Å²) >= 11 is 0. The first-order valence-corrected chi connectivity index (χ1v) is 8.87. The first kappa shape index (κ1) is 19.6. The molecule has 1 heterocycles. The van der Waals surface area contributed by atoms with Crippen LogP contribution in [0.4, 0.5) is 0 Å². The number of nitrogens with zero attached hydrogens (tertiary/aromatic N) is 2. The molecule has 0 saturated carbocycles. The van der Waals surface area contributed by atoms with Gasteiger partial charge in [0.05, 0.1) is 5.39 Å². The number of ether oxygens (including phenoxy) is 1. The van der Waals surface area contributed by atoms with E-state index in [2.05, 4.69) is 24.3 Å². The van der Waals surface area contributed by atoms with E-state index in [0.29, 0.717) is 36.2 Å². The minimum atomic E-state index is -0.718. The maximum Gasteiger partial charge on any atom is 0.359 e. The fraction of sp³-hybridized carbons (Fsp3) is 0.474. The van der Waals surface area contributed by atoms with Crippen LogP contribution in [0.2, 0.25) is 0 Å². The molecule has 0 unspecified atom stereocenters. The van der Waals surface area contributed by atoms with Crippen molar-refractivity contribution in [3.63, 3.8) is 0 Å². The molecule has 140 valence electrons. The second kappa shape index (κ2) is 9.12. The molecule has 0 spiro atoms. The number of hydrogen-bond donors (Lipinski definition) is 1. The van der Waals surface area contributed by atoms with Crippen LogP contribution in [-0.4, -0.2) is 34.8 Å². The Bertz CT molecular complexity index is 842. The van der Waals surface area contributed by atoms with E-state index in [4.69, 9.17) is 4.74 Å². The van der Waals surface area contributed by atoms with E-state index in [9.17, 15) is 14.4 Å². The summed E-state index contributed by atoms with van der Waals surface area (Å²) in [7, 11) is 0. The van der Waals surface area contributed by atoms with Gasteiger partial charge in [0.2, 0.25) is 0 Å². The largest absolute Gasteiger partial charge is 0.451 e. The predicted molar refractivity (Wildman–Crippen MR) is 99.0 cm³/mol. The Balaban J connectivity index is 2.15. The molecular weight excluding hydrogens is 334 g/mol. The summed E-state index contributed by atoms with van der Waals surface area (Å²) in [4.78, 5) is 36.6. The highest BCUT2D eigenvalue weighted by Crippen LogP contribution is 2.14. The lowest BCUT2D eigenvalue weighted by atomic mass is 10.1. The third-order valence-electron chi connectivity index (χ3n) is 3.87. The molecule has 7 nitrogen and oxygen atoms in total. The van der Waals surface area contributed by atoms with Gasteiger partial charge in [0.25, 0.3) is 11.5 Å². The van der Waals surface area contributed by atoms with E-state index in [0.717, 1.165) is 6.42 Å². The van der Waals surface area contributed by atoms with E-state index in [1.54, 1.807) is 24.3 Å². The first-order valence-electron chi connectivity index (χ1n) is 8.87. The van der Waals surface area contributed by atoms with Crippen LogP contribution in [0.5, 0.6) is 0 Å². The van der Waals surface area contributed by atoms with Crippen molar-refractivity contribution in [1.29, 1.82) is 0 Å². The van der Waals surface area contributed by atoms with Crippen LogP contribution < -0.4 is 10.9 Å². The van der Waals surface area contributed by atoms with E-state index in [1.807, 2.05) is 6.92 Å². The summed E-state index contributed by atoms with van der Waals surface area (Å²) < 4.78 is 6.37. The number of aryl methyl sites for hydroxylation is 1. The number of aromatic nitrogens is 2. The van der Waals surface area contributed by atoms with Gasteiger partial charge in [0.1, 0.15) is 0 Å². The van der Waals surface area contributed by atoms with Crippen molar-refractivity contribution in [2.45, 2.75) is 40.2 Å². The highest BCUT2D eigenvalue weighted by atomic mass is 16.5. The van der Waals surface area contributed by atoms with Gasteiger partial charge in [-0.15, -0.1) is 0 Å². The summed E-state index contributed by atoms with van der Waals surface area (Å²) in [6.45, 7) is 6.61. The maximum absolute atomic E-state index is 12.4. The Morgan fingerprint density at radius 2 is 1.92 bits per heavy atom. The summed E-state index contributed by atoms with van der Waals surface area (Å²) in [5.41, 5.74) is -0.200. The minimum absolute atomic E-state index is 0.0450. The van der Waals surface area contributed by atoms with Crippen LogP contribution in [0.1, 0.15) is 44.1 Å². The van der Waals surface area contributed by atoms with Gasteiger partial charge in [0.15, 0.2) is 12.3 Å². The van der Waals surface area contributed by atoms with Gasteiger partial charge in [0, 0.05) is 18.5 Å². The lowest BCUT2D eigenvalue weighted by Gasteiger charge is -2.11. The third-order valence-corrected chi connectivity index (χ3v) is 3.87. The standard InChI is InChI=1S/C19H25N3O4/c1-4-11-22-18(24)15-8-6-5-7-14(15)17(21-22)19(25)26-12-16(23)20-10-9-13(2)3/h5-8,13H,4,9-12H2,1-3H3,(H,20,23). The fourth-order valence-corrected chi connectivity index (χ4v) is 2.50. The van der Waals surface area contributed by atoms with Gasteiger partial charge in [-0.1, -0.05) is 39.0 Å². The molecule has 1 amide bonds. The molecule has 7 heteroatoms. The molecule has 0 saturated heterocycles. The smallest absolute Gasteiger partial charge is 0.359 e. The lowest BCUT2D eigenvalue weighted by Crippen LogP contribution is -2.31. The average molecular weight is 359 g/mol. The number of fused-ring (bicyclic) bond motifs is 1. The van der Waals surface area contributed by atoms with E-state index >= 15 is 0 Å². The molecule has 26 heavy (non-hydrogen) atoms. The zero-order chi connectivity index (χ0) is 19.1. The molecule has 0 aliphatic rings. The SMILES string of the molecule is CCCn1nc(C(=O)OCC(=O)NCCC(C)C)c2ccccc2c1=O. The van der Waals surface area contributed by atoms with Crippen LogP contribution in [-0.2, 0) is 16.1 Å². The Morgan fingerprint density at radius 1 is 1.23 bits per heavy atom. The normalized spacial score (nSPS) is 10.9. The maximum atomic E-state index is 12.4. The zero-order valence-electron chi connectivity index (χ0n) is 15.4. The molecule has 1 aromatic carbocycles. The molecular formula is C19H25N3O4. The summed E-state index contributed by atoms with van der Waals surface area (Å²) in [5.74, 6) is -0.594. The van der Waals surface area contributed by atoms with Crippen molar-refractivity contribution in [2.24, 2.45) is 5.92 Å². The van der Waals surface area contributed by atoms with Crippen LogP contribution in [0.25, 0.3) is 10.8 Å². The van der Waals surface area contributed by atoms with Crippen molar-refractivity contribution in [2.75, 3.05) is 13.2 Å². The molecule has 2 aromatic rings. The Labute approximate surface area is 152 Å². The highest BCUT2D eigenvalue weighted by molar-refractivity contribution is 6.02. The molecule has 1 N–H and O–H groups in total. The van der Waals surface area contributed by atoms with Crippen molar-refractivity contribution in [3.05, 3.63) is 40.3 Å². The lowest BCUT2D eigenvalue weighted by molar-refractivity contribution is -0.124. The van der Waals surface area contributed by atoms with Crippen LogP contribution in [0.3, 0.4) is 0 Å². The Morgan fingerprint density at radius 3 is 2.58 bits per heavy atom. The summed E-state index contributed by atoms with van der Waals surface area (Å²) in [5, 5.41) is 7.69. The topological polar surface area (TPSA) is 90.3 Å². The summed E-state index contributed by atoms with van der Waals surface area (Å²) in [6.07, 6.45) is 1.56. The Hall–Kier alpha value is -2.70. The van der Waals surface area contributed by atoms with Crippen molar-refractivity contribution < 1.29 is 14.3 Å². The molecule has 2 rings (SSSR count). The quantitative estimate of drug-likeness (QED) is 0.729. The molecule has 0 atom stereocenters. The molecule has 0 aliphatic carbocycles. The molecule has 0 fully saturated rings. The van der Waals surface area contributed by atoms with E-state index < -0.39 is 5.97 Å². The number of hydrogen-bond acceptors (Lipinski definition) is 5. The predicted octanol–water partition coefficient (Wildman–Crippen LogP) is 2.13. The Kier molecular flexibility index (Phi) is 6.89. The fourth-order valence-electron chi connectivity index (χ4n) is 2.50. The van der Waals surface area contributed by atoms with E-state index in [1.165, 1.54) is 4.68 Å².